The third kappa shape index (κ3) is 6.33. The minimum Gasteiger partial charge on any atom is -0.489 e. The number of esters is 1. The van der Waals surface area contributed by atoms with E-state index in [1.165, 1.54) is 0 Å². The van der Waals surface area contributed by atoms with E-state index in [1.807, 2.05) is 78.9 Å². The summed E-state index contributed by atoms with van der Waals surface area (Å²) >= 11 is 0. The summed E-state index contributed by atoms with van der Waals surface area (Å²) in [6.07, 6.45) is 1.40. The third-order valence-electron chi connectivity index (χ3n) is 6.56. The Morgan fingerprint density at radius 1 is 0.611 bits per heavy atom. The monoisotopic (exact) mass is 478 g/mol. The van der Waals surface area contributed by atoms with E-state index in [9.17, 15) is 4.79 Å². The van der Waals surface area contributed by atoms with Crippen LogP contribution in [0.2, 0.25) is 0 Å². The Hall–Kier alpha value is -4.05. The molecule has 182 valence electrons. The second-order valence-electron chi connectivity index (χ2n) is 9.25. The predicted molar refractivity (Wildman–Crippen MR) is 140 cm³/mol. The van der Waals surface area contributed by atoms with Gasteiger partial charge < -0.3 is 14.2 Å². The van der Waals surface area contributed by atoms with Gasteiger partial charge in [0.2, 0.25) is 0 Å². The molecular weight excluding hydrogens is 448 g/mol. The first-order chi connectivity index (χ1) is 17.7. The Labute approximate surface area is 212 Å². The predicted octanol–water partition coefficient (Wildman–Crippen LogP) is 6.42. The van der Waals surface area contributed by atoms with Crippen LogP contribution >= 0.6 is 0 Å². The molecule has 2 atom stereocenters. The summed E-state index contributed by atoms with van der Waals surface area (Å²) in [6.45, 7) is 1.49. The van der Waals surface area contributed by atoms with Crippen molar-refractivity contribution < 1.29 is 19.0 Å². The maximum absolute atomic E-state index is 12.6. The average molecular weight is 479 g/mol. The van der Waals surface area contributed by atoms with E-state index in [4.69, 9.17) is 14.2 Å². The first-order valence-corrected chi connectivity index (χ1v) is 12.4. The summed E-state index contributed by atoms with van der Waals surface area (Å²) in [7, 11) is 0. The molecule has 4 aromatic rings. The lowest BCUT2D eigenvalue weighted by Crippen LogP contribution is -2.20. The Morgan fingerprint density at radius 2 is 1.11 bits per heavy atom. The van der Waals surface area contributed by atoms with Crippen molar-refractivity contribution in [1.82, 2.24) is 0 Å². The SMILES string of the molecule is O=C1OC[C@H](Cc2cccc(OCc3ccccc3)c2)[C@H]1Cc1cccc(OCc2ccccc2)c1. The van der Waals surface area contributed by atoms with Crippen LogP contribution in [0.4, 0.5) is 0 Å². The fourth-order valence-corrected chi connectivity index (χ4v) is 4.62. The maximum atomic E-state index is 12.6. The Kier molecular flexibility index (Phi) is 7.62. The van der Waals surface area contributed by atoms with Crippen LogP contribution in [0.15, 0.2) is 109 Å². The Bertz CT molecular complexity index is 1270. The molecule has 0 aliphatic carbocycles. The topological polar surface area (TPSA) is 44.8 Å². The highest BCUT2D eigenvalue weighted by Crippen LogP contribution is 2.31. The van der Waals surface area contributed by atoms with Crippen molar-refractivity contribution in [2.45, 2.75) is 26.1 Å². The summed E-state index contributed by atoms with van der Waals surface area (Å²) in [5.41, 5.74) is 4.48. The number of carbonyl (C=O) groups excluding carboxylic acids is 1. The van der Waals surface area contributed by atoms with E-state index >= 15 is 0 Å². The molecule has 1 fully saturated rings. The van der Waals surface area contributed by atoms with Crippen LogP contribution in [0.5, 0.6) is 11.5 Å². The second-order valence-corrected chi connectivity index (χ2v) is 9.25. The van der Waals surface area contributed by atoms with Crippen molar-refractivity contribution in [2.24, 2.45) is 11.8 Å². The lowest BCUT2D eigenvalue weighted by Gasteiger charge is -2.17. The molecule has 0 bridgehead atoms. The molecule has 0 spiro atoms. The smallest absolute Gasteiger partial charge is 0.309 e. The fourth-order valence-electron chi connectivity index (χ4n) is 4.62. The van der Waals surface area contributed by atoms with Gasteiger partial charge in [0.1, 0.15) is 24.7 Å². The van der Waals surface area contributed by atoms with E-state index in [0.717, 1.165) is 40.2 Å². The fraction of sp³-hybridized carbons (Fsp3) is 0.219. The quantitative estimate of drug-likeness (QED) is 0.247. The molecule has 4 aromatic carbocycles. The molecule has 0 unspecified atom stereocenters. The van der Waals surface area contributed by atoms with Crippen molar-refractivity contribution in [2.75, 3.05) is 6.61 Å². The van der Waals surface area contributed by atoms with Crippen molar-refractivity contribution in [3.63, 3.8) is 0 Å². The molecule has 4 heteroatoms. The van der Waals surface area contributed by atoms with Crippen molar-refractivity contribution >= 4 is 5.97 Å². The van der Waals surface area contributed by atoms with Crippen LogP contribution in [0, 0.1) is 11.8 Å². The van der Waals surface area contributed by atoms with Gasteiger partial charge in [0.05, 0.1) is 12.5 Å². The maximum Gasteiger partial charge on any atom is 0.309 e. The first-order valence-electron chi connectivity index (χ1n) is 12.4. The zero-order chi connectivity index (χ0) is 24.6. The van der Waals surface area contributed by atoms with Crippen molar-refractivity contribution in [3.8, 4) is 11.5 Å². The van der Waals surface area contributed by atoms with Gasteiger partial charge in [0.15, 0.2) is 0 Å². The highest BCUT2D eigenvalue weighted by molar-refractivity contribution is 5.75. The molecule has 0 amide bonds. The summed E-state index contributed by atoms with van der Waals surface area (Å²) in [6, 6.07) is 36.4. The molecule has 0 saturated carbocycles. The zero-order valence-corrected chi connectivity index (χ0v) is 20.2. The van der Waals surface area contributed by atoms with E-state index in [1.54, 1.807) is 0 Å². The van der Waals surface area contributed by atoms with Gasteiger partial charge in [-0.2, -0.15) is 0 Å². The highest BCUT2D eigenvalue weighted by Gasteiger charge is 2.36. The zero-order valence-electron chi connectivity index (χ0n) is 20.2. The molecule has 1 saturated heterocycles. The summed E-state index contributed by atoms with van der Waals surface area (Å²) in [4.78, 5) is 12.6. The molecule has 5 rings (SSSR count). The molecule has 1 heterocycles. The van der Waals surface area contributed by atoms with Gasteiger partial charge in [-0.3, -0.25) is 4.79 Å². The van der Waals surface area contributed by atoms with Gasteiger partial charge in [0.25, 0.3) is 0 Å². The van der Waals surface area contributed by atoms with E-state index in [2.05, 4.69) is 30.3 Å². The lowest BCUT2D eigenvalue weighted by molar-refractivity contribution is -0.141. The number of hydrogen-bond acceptors (Lipinski definition) is 4. The summed E-state index contributed by atoms with van der Waals surface area (Å²) < 4.78 is 17.5. The van der Waals surface area contributed by atoms with E-state index in [-0.39, 0.29) is 17.8 Å². The molecule has 1 aliphatic rings. The van der Waals surface area contributed by atoms with Crippen LogP contribution in [-0.2, 0) is 35.6 Å². The van der Waals surface area contributed by atoms with E-state index < -0.39 is 0 Å². The van der Waals surface area contributed by atoms with Gasteiger partial charge >= 0.3 is 5.97 Å². The minimum atomic E-state index is -0.178. The number of ether oxygens (including phenoxy) is 3. The van der Waals surface area contributed by atoms with Crippen LogP contribution in [0.1, 0.15) is 22.3 Å². The molecule has 36 heavy (non-hydrogen) atoms. The van der Waals surface area contributed by atoms with Gasteiger partial charge in [-0.05, 0) is 59.4 Å². The molecule has 4 nitrogen and oxygen atoms in total. The van der Waals surface area contributed by atoms with Crippen LogP contribution in [0.3, 0.4) is 0 Å². The molecular formula is C32H30O4. The second kappa shape index (κ2) is 11.6. The molecule has 0 aromatic heterocycles. The number of benzene rings is 4. The summed E-state index contributed by atoms with van der Waals surface area (Å²) in [5, 5.41) is 0. The Morgan fingerprint density at radius 3 is 1.67 bits per heavy atom. The third-order valence-corrected chi connectivity index (χ3v) is 6.56. The standard InChI is InChI=1S/C32H30O4/c33-32-31(20-27-14-8-16-30(19-27)35-22-25-11-5-2-6-12-25)28(23-36-32)17-26-13-7-15-29(18-26)34-21-24-9-3-1-4-10-24/h1-16,18-19,28,31H,17,20-23H2/t28-,31+/m0/s1. The average Bonchev–Trinajstić information content (AvgIpc) is 3.26. The number of hydrogen-bond donors (Lipinski definition) is 0. The number of cyclic esters (lactones) is 1. The molecule has 0 N–H and O–H groups in total. The van der Waals surface area contributed by atoms with Gasteiger partial charge in [-0.25, -0.2) is 0 Å². The Balaban J connectivity index is 1.20. The van der Waals surface area contributed by atoms with Crippen molar-refractivity contribution in [1.29, 1.82) is 0 Å². The minimum absolute atomic E-state index is 0.118. The number of carbonyl (C=O) groups is 1. The lowest BCUT2D eigenvalue weighted by atomic mass is 9.85. The largest absolute Gasteiger partial charge is 0.489 e. The highest BCUT2D eigenvalue weighted by atomic mass is 16.5. The van der Waals surface area contributed by atoms with Crippen LogP contribution in [0.25, 0.3) is 0 Å². The molecule has 0 radical (unpaired) electrons. The van der Waals surface area contributed by atoms with E-state index in [0.29, 0.717) is 26.2 Å². The van der Waals surface area contributed by atoms with Crippen molar-refractivity contribution in [3.05, 3.63) is 131 Å². The normalized spacial score (nSPS) is 16.9. The van der Waals surface area contributed by atoms with Crippen LogP contribution in [-0.4, -0.2) is 12.6 Å². The number of rotatable bonds is 10. The van der Waals surface area contributed by atoms with Gasteiger partial charge in [-0.1, -0.05) is 84.9 Å². The van der Waals surface area contributed by atoms with Crippen LogP contribution < -0.4 is 9.47 Å². The van der Waals surface area contributed by atoms with Gasteiger partial charge in [-0.15, -0.1) is 0 Å². The summed E-state index contributed by atoms with van der Waals surface area (Å²) in [5.74, 6) is 1.47. The molecule has 1 aliphatic heterocycles. The first kappa shape index (κ1) is 23.7. The van der Waals surface area contributed by atoms with Gasteiger partial charge in [0, 0.05) is 5.92 Å².